The molecule has 0 bridgehead atoms. The molecule has 1 aromatic heterocycles. The van der Waals surface area contributed by atoms with Crippen molar-refractivity contribution in [2.24, 2.45) is 0 Å². The van der Waals surface area contributed by atoms with Gasteiger partial charge in [-0.15, -0.1) is 6.58 Å². The van der Waals surface area contributed by atoms with E-state index in [1.807, 2.05) is 36.4 Å². The molecule has 6 nitrogen and oxygen atoms in total. The molecule has 1 aliphatic heterocycles. The van der Waals surface area contributed by atoms with Crippen molar-refractivity contribution in [2.75, 3.05) is 19.8 Å². The number of rotatable bonds is 12. The molecule has 1 saturated heterocycles. The van der Waals surface area contributed by atoms with Crippen LogP contribution >= 0.6 is 0 Å². The summed E-state index contributed by atoms with van der Waals surface area (Å²) in [5.41, 5.74) is 3.31. The van der Waals surface area contributed by atoms with Crippen molar-refractivity contribution in [2.45, 2.75) is 51.2 Å². The summed E-state index contributed by atoms with van der Waals surface area (Å²) < 4.78 is 13.8. The second kappa shape index (κ2) is 11.7. The Bertz CT molecular complexity index is 1070. The number of aromatic nitrogens is 2. The number of imidazole rings is 1. The van der Waals surface area contributed by atoms with E-state index in [1.54, 1.807) is 0 Å². The van der Waals surface area contributed by atoms with E-state index < -0.39 is 0 Å². The number of fused-ring (bicyclic) bond motifs is 1. The highest BCUT2D eigenvalue weighted by Gasteiger charge is 2.22. The third kappa shape index (κ3) is 6.02. The third-order valence-corrected chi connectivity index (χ3v) is 5.95. The molecule has 6 heteroatoms. The van der Waals surface area contributed by atoms with E-state index in [0.29, 0.717) is 19.8 Å². The highest BCUT2D eigenvalue weighted by atomic mass is 16.5. The molecule has 1 unspecified atom stereocenters. The Morgan fingerprint density at radius 2 is 2.06 bits per heavy atom. The lowest BCUT2D eigenvalue weighted by Crippen LogP contribution is -2.34. The van der Waals surface area contributed by atoms with Crippen LogP contribution in [0.4, 0.5) is 0 Å². The fraction of sp³-hybridized carbons (Fsp3) is 0.407. The summed E-state index contributed by atoms with van der Waals surface area (Å²) in [6.07, 6.45) is 6.74. The van der Waals surface area contributed by atoms with Gasteiger partial charge in [0, 0.05) is 26.1 Å². The van der Waals surface area contributed by atoms with E-state index >= 15 is 0 Å². The molecule has 3 aromatic rings. The number of hydrogen-bond acceptors (Lipinski definition) is 4. The highest BCUT2D eigenvalue weighted by Crippen LogP contribution is 2.20. The standard InChI is InChI=1S/C27H33N3O3/c1-2-10-21-11-3-6-14-24(21)32-20-9-18-30-23-13-5-4-12-22(23)29-26(30)16-7-17-28-27(31)25-15-8-19-33-25/h2-6,11-14,25H,1,7-10,15-20H2,(H,28,31). The number of para-hydroxylation sites is 3. The van der Waals surface area contributed by atoms with E-state index in [0.717, 1.165) is 73.2 Å². The first-order chi connectivity index (χ1) is 16.3. The summed E-state index contributed by atoms with van der Waals surface area (Å²) in [6.45, 7) is 6.62. The van der Waals surface area contributed by atoms with Crippen LogP contribution in [0.25, 0.3) is 11.0 Å². The van der Waals surface area contributed by atoms with Gasteiger partial charge in [-0.2, -0.15) is 0 Å². The topological polar surface area (TPSA) is 65.4 Å². The number of carbonyl (C=O) groups excluding carboxylic acids is 1. The van der Waals surface area contributed by atoms with Gasteiger partial charge >= 0.3 is 0 Å². The van der Waals surface area contributed by atoms with E-state index in [1.165, 1.54) is 0 Å². The van der Waals surface area contributed by atoms with Crippen molar-refractivity contribution in [3.05, 3.63) is 72.6 Å². The molecule has 0 spiro atoms. The first kappa shape index (κ1) is 23.1. The first-order valence-electron chi connectivity index (χ1n) is 11.9. The quantitative estimate of drug-likeness (QED) is 0.329. The number of ether oxygens (including phenoxy) is 2. The van der Waals surface area contributed by atoms with Gasteiger partial charge < -0.3 is 19.4 Å². The molecular weight excluding hydrogens is 414 g/mol. The van der Waals surface area contributed by atoms with Crippen molar-refractivity contribution < 1.29 is 14.3 Å². The Labute approximate surface area is 195 Å². The van der Waals surface area contributed by atoms with Gasteiger partial charge in [0.2, 0.25) is 5.91 Å². The Morgan fingerprint density at radius 3 is 2.91 bits per heavy atom. The van der Waals surface area contributed by atoms with Gasteiger partial charge in [-0.05, 0) is 55.9 Å². The zero-order valence-corrected chi connectivity index (χ0v) is 19.2. The highest BCUT2D eigenvalue weighted by molar-refractivity contribution is 5.80. The maximum Gasteiger partial charge on any atom is 0.249 e. The molecule has 2 aromatic carbocycles. The largest absolute Gasteiger partial charge is 0.493 e. The Kier molecular flexibility index (Phi) is 8.14. The van der Waals surface area contributed by atoms with Crippen LogP contribution in [-0.4, -0.2) is 41.3 Å². The van der Waals surface area contributed by atoms with Gasteiger partial charge in [-0.3, -0.25) is 4.79 Å². The van der Waals surface area contributed by atoms with Crippen LogP contribution in [0.1, 0.15) is 37.1 Å². The van der Waals surface area contributed by atoms with Crippen LogP contribution in [0.5, 0.6) is 5.75 Å². The first-order valence-corrected chi connectivity index (χ1v) is 11.9. The van der Waals surface area contributed by atoms with Crippen molar-refractivity contribution in [3.8, 4) is 5.75 Å². The van der Waals surface area contributed by atoms with Crippen molar-refractivity contribution in [3.63, 3.8) is 0 Å². The summed E-state index contributed by atoms with van der Waals surface area (Å²) in [7, 11) is 0. The molecule has 0 aliphatic carbocycles. The Balaban J connectivity index is 1.32. The van der Waals surface area contributed by atoms with E-state index in [4.69, 9.17) is 14.5 Å². The lowest BCUT2D eigenvalue weighted by molar-refractivity contribution is -0.130. The minimum Gasteiger partial charge on any atom is -0.493 e. The fourth-order valence-corrected chi connectivity index (χ4v) is 4.30. The monoisotopic (exact) mass is 447 g/mol. The normalized spacial score (nSPS) is 15.6. The van der Waals surface area contributed by atoms with E-state index in [9.17, 15) is 4.79 Å². The average Bonchev–Trinajstić information content (AvgIpc) is 3.49. The smallest absolute Gasteiger partial charge is 0.249 e. The van der Waals surface area contributed by atoms with Crippen LogP contribution in [0.2, 0.25) is 0 Å². The summed E-state index contributed by atoms with van der Waals surface area (Å²) in [4.78, 5) is 17.0. The van der Waals surface area contributed by atoms with Gasteiger partial charge in [-0.1, -0.05) is 36.4 Å². The summed E-state index contributed by atoms with van der Waals surface area (Å²) in [5.74, 6) is 1.99. The number of hydrogen-bond donors (Lipinski definition) is 1. The van der Waals surface area contributed by atoms with Gasteiger partial charge in [0.05, 0.1) is 17.6 Å². The number of carbonyl (C=O) groups is 1. The van der Waals surface area contributed by atoms with Gasteiger partial charge in [0.1, 0.15) is 17.7 Å². The lowest BCUT2D eigenvalue weighted by atomic mass is 10.1. The number of nitrogens with one attached hydrogen (secondary N) is 1. The predicted molar refractivity (Wildman–Crippen MR) is 130 cm³/mol. The molecule has 1 fully saturated rings. The second-order valence-corrected chi connectivity index (χ2v) is 8.37. The number of benzene rings is 2. The van der Waals surface area contributed by atoms with E-state index in [2.05, 4.69) is 34.7 Å². The summed E-state index contributed by atoms with van der Waals surface area (Å²) >= 11 is 0. The molecule has 4 rings (SSSR count). The molecule has 0 radical (unpaired) electrons. The van der Waals surface area contributed by atoms with Crippen molar-refractivity contribution in [1.82, 2.24) is 14.9 Å². The number of allylic oxidation sites excluding steroid dienone is 1. The minimum absolute atomic E-state index is 0.00915. The average molecular weight is 448 g/mol. The molecule has 1 amide bonds. The molecule has 1 N–H and O–H groups in total. The molecule has 174 valence electrons. The van der Waals surface area contributed by atoms with Crippen LogP contribution in [-0.2, 0) is 28.9 Å². The maximum absolute atomic E-state index is 12.1. The van der Waals surface area contributed by atoms with Gasteiger partial charge in [0.25, 0.3) is 0 Å². The zero-order valence-electron chi connectivity index (χ0n) is 19.2. The predicted octanol–water partition coefficient (Wildman–Crippen LogP) is 4.46. The Hall–Kier alpha value is -3.12. The maximum atomic E-state index is 12.1. The second-order valence-electron chi connectivity index (χ2n) is 8.37. The molecule has 1 atom stereocenters. The van der Waals surface area contributed by atoms with Gasteiger partial charge in [0.15, 0.2) is 0 Å². The SMILES string of the molecule is C=CCc1ccccc1OCCCn1c(CCCNC(=O)C2CCCO2)nc2ccccc21. The molecule has 0 saturated carbocycles. The zero-order chi connectivity index (χ0) is 22.9. The number of aryl methyl sites for hydroxylation is 2. The van der Waals surface area contributed by atoms with Crippen LogP contribution < -0.4 is 10.1 Å². The molecule has 1 aliphatic rings. The van der Waals surface area contributed by atoms with Crippen molar-refractivity contribution in [1.29, 1.82) is 0 Å². The fourth-order valence-electron chi connectivity index (χ4n) is 4.30. The van der Waals surface area contributed by atoms with Crippen LogP contribution in [0, 0.1) is 0 Å². The molecule has 33 heavy (non-hydrogen) atoms. The van der Waals surface area contributed by atoms with E-state index in [-0.39, 0.29) is 12.0 Å². The number of amides is 1. The van der Waals surface area contributed by atoms with Crippen molar-refractivity contribution >= 4 is 16.9 Å². The van der Waals surface area contributed by atoms with Crippen LogP contribution in [0.3, 0.4) is 0 Å². The summed E-state index contributed by atoms with van der Waals surface area (Å²) in [6, 6.07) is 16.4. The lowest BCUT2D eigenvalue weighted by Gasteiger charge is -2.13. The van der Waals surface area contributed by atoms with Crippen LogP contribution in [0.15, 0.2) is 61.2 Å². The van der Waals surface area contributed by atoms with Gasteiger partial charge in [-0.25, -0.2) is 4.98 Å². The molecule has 2 heterocycles. The number of nitrogens with zero attached hydrogens (tertiary/aromatic N) is 2. The Morgan fingerprint density at radius 1 is 1.21 bits per heavy atom. The minimum atomic E-state index is -0.272. The summed E-state index contributed by atoms with van der Waals surface area (Å²) in [5, 5.41) is 3.01. The molecular formula is C27H33N3O3. The third-order valence-electron chi connectivity index (χ3n) is 5.95.